The van der Waals surface area contributed by atoms with Crippen LogP contribution in [-0.2, 0) is 57.2 Å². The molecule has 0 spiro atoms. The third kappa shape index (κ3) is 20.3. The van der Waals surface area contributed by atoms with Crippen LogP contribution in [0.2, 0.25) is 0 Å². The maximum atomic E-state index is 13.0. The number of ether oxygens (including phenoxy) is 10. The van der Waals surface area contributed by atoms with Gasteiger partial charge in [-0.2, -0.15) is 0 Å². The second-order valence-electron chi connectivity index (χ2n) is 13.8. The highest BCUT2D eigenvalue weighted by molar-refractivity contribution is 5.82. The summed E-state index contributed by atoms with van der Waals surface area (Å²) in [6, 6.07) is 12.9. The van der Waals surface area contributed by atoms with Crippen LogP contribution in [0.25, 0.3) is 0 Å². The van der Waals surface area contributed by atoms with Crippen LogP contribution in [0.5, 0.6) is 23.0 Å². The summed E-state index contributed by atoms with van der Waals surface area (Å²) in [7, 11) is 0. The van der Waals surface area contributed by atoms with E-state index in [1.54, 1.807) is 48.5 Å². The molecule has 336 valence electrons. The van der Waals surface area contributed by atoms with Crippen LogP contribution in [-0.4, -0.2) is 101 Å². The van der Waals surface area contributed by atoms with Crippen LogP contribution < -0.4 is 18.9 Å². The van der Waals surface area contributed by atoms with Gasteiger partial charge in [-0.05, 0) is 99.9 Å². The predicted octanol–water partition coefficient (Wildman–Crippen LogP) is 6.01. The number of esters is 6. The summed E-state index contributed by atoms with van der Waals surface area (Å²) in [5.41, 5.74) is 0. The van der Waals surface area contributed by atoms with Gasteiger partial charge < -0.3 is 47.4 Å². The van der Waals surface area contributed by atoms with Gasteiger partial charge >= 0.3 is 35.8 Å². The van der Waals surface area contributed by atoms with Crippen molar-refractivity contribution in [1.82, 2.24) is 0 Å². The molecule has 2 atom stereocenters. The number of benzene rings is 2. The van der Waals surface area contributed by atoms with E-state index >= 15 is 0 Å². The third-order valence-corrected chi connectivity index (χ3v) is 9.04. The summed E-state index contributed by atoms with van der Waals surface area (Å²) in [5.74, 6) is -2.23. The summed E-state index contributed by atoms with van der Waals surface area (Å²) < 4.78 is 54.5. The van der Waals surface area contributed by atoms with E-state index in [0.29, 0.717) is 87.6 Å². The lowest BCUT2D eigenvalue weighted by atomic mass is 9.82. The lowest BCUT2D eigenvalue weighted by Crippen LogP contribution is -2.30. The Morgan fingerprint density at radius 1 is 0.468 bits per heavy atom. The zero-order valence-electron chi connectivity index (χ0n) is 34.9. The quantitative estimate of drug-likeness (QED) is 0.0291. The fourth-order valence-electron chi connectivity index (χ4n) is 5.71. The number of carbonyl (C=O) groups is 6. The third-order valence-electron chi connectivity index (χ3n) is 9.04. The van der Waals surface area contributed by atoms with Crippen molar-refractivity contribution >= 4 is 35.8 Å². The molecule has 0 radical (unpaired) electrons. The molecular weight excluding hydrogens is 808 g/mol. The molecule has 0 aliphatic heterocycles. The molecule has 0 N–H and O–H groups in total. The van der Waals surface area contributed by atoms with E-state index in [9.17, 15) is 28.8 Å². The van der Waals surface area contributed by atoms with Gasteiger partial charge in [0.25, 0.3) is 0 Å². The van der Waals surface area contributed by atoms with Crippen LogP contribution in [0.4, 0.5) is 0 Å². The van der Waals surface area contributed by atoms with Gasteiger partial charge in [0.1, 0.15) is 36.2 Å². The van der Waals surface area contributed by atoms with Crippen LogP contribution in [0.3, 0.4) is 0 Å². The van der Waals surface area contributed by atoms with E-state index < -0.39 is 48.0 Å². The SMILES string of the molecule is C=CC(=O)OCCCCOCC(COc1ccc(OC(=O)C2CCC(C(=O)Oc3ccc(OCC(COCCCCOC(=O)C=C)OC(=O)C=C)cc3)CC2)cc1)OC(=O)C=C. The van der Waals surface area contributed by atoms with Crippen molar-refractivity contribution in [3.63, 3.8) is 0 Å². The van der Waals surface area contributed by atoms with E-state index in [4.69, 9.17) is 47.4 Å². The normalized spacial score (nSPS) is 15.3. The second-order valence-corrected chi connectivity index (χ2v) is 13.8. The highest BCUT2D eigenvalue weighted by atomic mass is 16.6. The Balaban J connectivity index is 1.36. The van der Waals surface area contributed by atoms with Crippen molar-refractivity contribution in [2.75, 3.05) is 52.9 Å². The van der Waals surface area contributed by atoms with Crippen molar-refractivity contribution in [3.8, 4) is 23.0 Å². The number of unbranched alkanes of at least 4 members (excludes halogenated alkanes) is 2. The number of carbonyl (C=O) groups excluding carboxylic acids is 6. The Labute approximate surface area is 361 Å². The molecule has 3 rings (SSSR count). The first-order chi connectivity index (χ1) is 30.0. The fraction of sp³-hybridized carbons (Fsp3) is 0.435. The Kier molecular flexibility index (Phi) is 23.5. The first kappa shape index (κ1) is 50.1. The van der Waals surface area contributed by atoms with Gasteiger partial charge in [-0.3, -0.25) is 9.59 Å². The first-order valence-electron chi connectivity index (χ1n) is 20.3. The van der Waals surface area contributed by atoms with Gasteiger partial charge in [0.15, 0.2) is 12.2 Å². The van der Waals surface area contributed by atoms with Crippen LogP contribution in [0.1, 0.15) is 51.4 Å². The molecule has 16 nitrogen and oxygen atoms in total. The summed E-state index contributed by atoms with van der Waals surface area (Å²) in [5, 5.41) is 0. The molecule has 0 bridgehead atoms. The standard InChI is InChI=1S/C46H56O16/c1-5-41(47)55-27-11-9-25-53-29-39(59-43(49)7-3)31-57-35-17-21-37(22-18-35)61-45(51)33-13-15-34(16-14-33)46(52)62-38-23-19-36(20-24-38)58-32-40(60-44(50)8-4)30-54-26-10-12-28-56-42(48)6-2/h5-8,17-24,33-34,39-40H,1-4,9-16,25-32H2. The molecule has 1 aliphatic carbocycles. The van der Waals surface area contributed by atoms with Crippen molar-refractivity contribution in [1.29, 1.82) is 0 Å². The molecule has 1 fully saturated rings. The topological polar surface area (TPSA) is 195 Å². The first-order valence-corrected chi connectivity index (χ1v) is 20.3. The smallest absolute Gasteiger partial charge is 0.330 e. The van der Waals surface area contributed by atoms with Gasteiger partial charge in [-0.1, -0.05) is 26.3 Å². The van der Waals surface area contributed by atoms with Crippen molar-refractivity contribution in [3.05, 3.63) is 99.2 Å². The number of rotatable bonds is 30. The highest BCUT2D eigenvalue weighted by Crippen LogP contribution is 2.32. The molecule has 0 amide bonds. The van der Waals surface area contributed by atoms with Crippen molar-refractivity contribution in [2.45, 2.75) is 63.6 Å². The van der Waals surface area contributed by atoms with Gasteiger partial charge in [0.05, 0.1) is 38.3 Å². The predicted molar refractivity (Wildman–Crippen MR) is 223 cm³/mol. The Bertz CT molecular complexity index is 1630. The van der Waals surface area contributed by atoms with Gasteiger partial charge in [-0.15, -0.1) is 0 Å². The van der Waals surface area contributed by atoms with Crippen LogP contribution >= 0.6 is 0 Å². The maximum absolute atomic E-state index is 13.0. The van der Waals surface area contributed by atoms with Crippen LogP contribution in [0, 0.1) is 11.8 Å². The van der Waals surface area contributed by atoms with Crippen molar-refractivity contribution < 1.29 is 76.1 Å². The van der Waals surface area contributed by atoms with E-state index in [-0.39, 0.29) is 51.5 Å². The molecule has 62 heavy (non-hydrogen) atoms. The Morgan fingerprint density at radius 3 is 1.13 bits per heavy atom. The van der Waals surface area contributed by atoms with Gasteiger partial charge in [0.2, 0.25) is 0 Å². The van der Waals surface area contributed by atoms with E-state index in [0.717, 1.165) is 24.3 Å². The van der Waals surface area contributed by atoms with Gasteiger partial charge in [0, 0.05) is 37.5 Å². The van der Waals surface area contributed by atoms with Crippen molar-refractivity contribution in [2.24, 2.45) is 11.8 Å². The lowest BCUT2D eigenvalue weighted by Gasteiger charge is -2.25. The monoisotopic (exact) mass is 864 g/mol. The van der Waals surface area contributed by atoms with Gasteiger partial charge in [-0.25, -0.2) is 19.2 Å². The van der Waals surface area contributed by atoms with E-state index in [1.807, 2.05) is 0 Å². The fourth-order valence-corrected chi connectivity index (χ4v) is 5.71. The molecular formula is C46H56O16. The van der Waals surface area contributed by atoms with E-state index in [1.165, 1.54) is 0 Å². The molecule has 2 aromatic carbocycles. The molecule has 1 saturated carbocycles. The zero-order chi connectivity index (χ0) is 45.0. The second kappa shape index (κ2) is 29.1. The average molecular weight is 865 g/mol. The summed E-state index contributed by atoms with van der Waals surface area (Å²) >= 11 is 0. The zero-order valence-corrected chi connectivity index (χ0v) is 34.9. The Morgan fingerprint density at radius 2 is 0.790 bits per heavy atom. The largest absolute Gasteiger partial charge is 0.490 e. The van der Waals surface area contributed by atoms with Crippen LogP contribution in [0.15, 0.2) is 99.2 Å². The summed E-state index contributed by atoms with van der Waals surface area (Å²) in [4.78, 5) is 71.8. The minimum atomic E-state index is -0.717. The van der Waals surface area contributed by atoms with E-state index in [2.05, 4.69) is 26.3 Å². The molecule has 0 heterocycles. The molecule has 1 aliphatic rings. The molecule has 0 aromatic heterocycles. The Hall–Kier alpha value is -6.26. The number of hydrogen-bond donors (Lipinski definition) is 0. The molecule has 0 saturated heterocycles. The maximum Gasteiger partial charge on any atom is 0.330 e. The minimum Gasteiger partial charge on any atom is -0.490 e. The highest BCUT2D eigenvalue weighted by Gasteiger charge is 2.32. The minimum absolute atomic E-state index is 0.00281. The average Bonchev–Trinajstić information content (AvgIpc) is 3.29. The number of hydrogen-bond acceptors (Lipinski definition) is 16. The molecule has 2 aromatic rings. The lowest BCUT2D eigenvalue weighted by molar-refractivity contribution is -0.148. The molecule has 2 unspecified atom stereocenters. The molecule has 16 heteroatoms. The summed E-state index contributed by atoms with van der Waals surface area (Å²) in [6.45, 7) is 14.9. The summed E-state index contributed by atoms with van der Waals surface area (Å²) in [6.07, 6.45) is 7.11.